The Labute approximate surface area is 151 Å². The van der Waals surface area contributed by atoms with E-state index < -0.39 is 11.3 Å². The number of piperidine rings is 1. The van der Waals surface area contributed by atoms with Gasteiger partial charge in [0.05, 0.1) is 17.9 Å². The Morgan fingerprint density at radius 3 is 2.69 bits per heavy atom. The van der Waals surface area contributed by atoms with Crippen molar-refractivity contribution in [2.24, 2.45) is 0 Å². The topological polar surface area (TPSA) is 64.4 Å². The summed E-state index contributed by atoms with van der Waals surface area (Å²) in [6.45, 7) is 4.94. The van der Waals surface area contributed by atoms with Gasteiger partial charge in [0, 0.05) is 25.4 Å². The van der Waals surface area contributed by atoms with Crippen molar-refractivity contribution >= 4 is 5.91 Å². The number of likely N-dealkylation sites (tertiary alicyclic amines) is 1. The van der Waals surface area contributed by atoms with Gasteiger partial charge >= 0.3 is 0 Å². The summed E-state index contributed by atoms with van der Waals surface area (Å²) in [5.41, 5.74) is 0.00222. The van der Waals surface area contributed by atoms with Crippen LogP contribution in [0, 0.1) is 5.82 Å². The van der Waals surface area contributed by atoms with Gasteiger partial charge in [-0.2, -0.15) is 5.10 Å². The number of nitrogens with zero attached hydrogens (tertiary/aromatic N) is 3. The van der Waals surface area contributed by atoms with Crippen LogP contribution in [0.25, 0.3) is 5.69 Å². The third kappa shape index (κ3) is 4.16. The van der Waals surface area contributed by atoms with Crippen molar-refractivity contribution in [3.05, 3.63) is 58.3 Å². The van der Waals surface area contributed by atoms with Crippen LogP contribution in [0.2, 0.25) is 0 Å². The Kier molecular flexibility index (Phi) is 5.46. The molecule has 0 bridgehead atoms. The quantitative estimate of drug-likeness (QED) is 0.841. The van der Waals surface area contributed by atoms with Crippen LogP contribution in [0.3, 0.4) is 0 Å². The number of halogens is 1. The van der Waals surface area contributed by atoms with Gasteiger partial charge in [-0.15, -0.1) is 0 Å². The summed E-state index contributed by atoms with van der Waals surface area (Å²) < 4.78 is 20.3. The van der Waals surface area contributed by atoms with E-state index in [1.165, 1.54) is 41.2 Å². The lowest BCUT2D eigenvalue weighted by atomic mass is 10.1. The van der Waals surface area contributed by atoms with Crippen molar-refractivity contribution in [2.75, 3.05) is 13.1 Å². The first-order valence-corrected chi connectivity index (χ1v) is 8.74. The van der Waals surface area contributed by atoms with Crippen LogP contribution in [-0.2, 0) is 4.74 Å². The fraction of sp³-hybridized carbons (Fsp3) is 0.421. The normalized spacial score (nSPS) is 17.5. The van der Waals surface area contributed by atoms with Gasteiger partial charge in [0.25, 0.3) is 5.91 Å². The standard InChI is InChI=1S/C19H22FN3O3/c1-13(2)26-16-4-3-10-22(12-16)19(25)18-17(24)9-11-23(21-18)15-7-5-14(20)6-8-15/h5-9,11,13,16H,3-4,10,12H2,1-2H3. The molecule has 1 amide bonds. The average molecular weight is 359 g/mol. The first kappa shape index (κ1) is 18.3. The van der Waals surface area contributed by atoms with E-state index in [-0.39, 0.29) is 23.7 Å². The van der Waals surface area contributed by atoms with E-state index in [4.69, 9.17) is 4.74 Å². The van der Waals surface area contributed by atoms with Gasteiger partial charge in [-0.1, -0.05) is 0 Å². The summed E-state index contributed by atoms with van der Waals surface area (Å²) in [6.07, 6.45) is 3.23. The maximum absolute atomic E-state index is 13.1. The Hall–Kier alpha value is -2.54. The predicted molar refractivity (Wildman–Crippen MR) is 94.9 cm³/mol. The summed E-state index contributed by atoms with van der Waals surface area (Å²) in [6, 6.07) is 6.97. The molecule has 1 aliphatic heterocycles. The van der Waals surface area contributed by atoms with Gasteiger partial charge in [0.15, 0.2) is 5.69 Å². The second-order valence-corrected chi connectivity index (χ2v) is 6.65. The minimum absolute atomic E-state index is 0.0317. The minimum atomic E-state index is -0.430. The molecule has 2 heterocycles. The highest BCUT2D eigenvalue weighted by atomic mass is 19.1. The molecule has 0 spiro atoms. The second-order valence-electron chi connectivity index (χ2n) is 6.65. The molecule has 0 radical (unpaired) electrons. The largest absolute Gasteiger partial charge is 0.374 e. The first-order chi connectivity index (χ1) is 12.4. The molecule has 1 aromatic carbocycles. The highest BCUT2D eigenvalue weighted by Gasteiger charge is 2.27. The first-order valence-electron chi connectivity index (χ1n) is 8.74. The summed E-state index contributed by atoms with van der Waals surface area (Å²) in [5, 5.41) is 4.18. The third-order valence-electron chi connectivity index (χ3n) is 4.23. The fourth-order valence-corrected chi connectivity index (χ4v) is 3.06. The van der Waals surface area contributed by atoms with E-state index in [9.17, 15) is 14.0 Å². The van der Waals surface area contributed by atoms with Crippen molar-refractivity contribution < 1.29 is 13.9 Å². The van der Waals surface area contributed by atoms with Crippen LogP contribution < -0.4 is 5.43 Å². The molecule has 2 aromatic rings. The molecule has 3 rings (SSSR count). The fourth-order valence-electron chi connectivity index (χ4n) is 3.06. The van der Waals surface area contributed by atoms with Gasteiger partial charge in [-0.3, -0.25) is 9.59 Å². The molecule has 6 nitrogen and oxygen atoms in total. The predicted octanol–water partition coefficient (Wildman–Crippen LogP) is 2.40. The van der Waals surface area contributed by atoms with E-state index in [1.54, 1.807) is 4.90 Å². The molecule has 0 saturated carbocycles. The average Bonchev–Trinajstić information content (AvgIpc) is 2.62. The van der Waals surface area contributed by atoms with Crippen LogP contribution in [0.15, 0.2) is 41.3 Å². The molecule has 1 fully saturated rings. The number of rotatable bonds is 4. The zero-order valence-corrected chi connectivity index (χ0v) is 14.9. The lowest BCUT2D eigenvalue weighted by Gasteiger charge is -2.33. The van der Waals surface area contributed by atoms with Crippen molar-refractivity contribution in [2.45, 2.75) is 38.9 Å². The molecule has 26 heavy (non-hydrogen) atoms. The molecule has 0 N–H and O–H groups in total. The summed E-state index contributed by atoms with van der Waals surface area (Å²) in [7, 11) is 0. The summed E-state index contributed by atoms with van der Waals surface area (Å²) >= 11 is 0. The molecular formula is C19H22FN3O3. The molecule has 0 aliphatic carbocycles. The Bertz CT molecular complexity index is 833. The SMILES string of the molecule is CC(C)OC1CCCN(C(=O)c2nn(-c3ccc(F)cc3)ccc2=O)C1. The molecule has 7 heteroatoms. The van der Waals surface area contributed by atoms with Gasteiger partial charge in [-0.05, 0) is 51.0 Å². The molecular weight excluding hydrogens is 337 g/mol. The van der Waals surface area contributed by atoms with Crippen LogP contribution >= 0.6 is 0 Å². The van der Waals surface area contributed by atoms with E-state index in [0.29, 0.717) is 18.8 Å². The minimum Gasteiger partial charge on any atom is -0.374 e. The van der Waals surface area contributed by atoms with Crippen LogP contribution in [0.4, 0.5) is 4.39 Å². The van der Waals surface area contributed by atoms with E-state index in [2.05, 4.69) is 5.10 Å². The van der Waals surface area contributed by atoms with E-state index in [1.807, 2.05) is 13.8 Å². The maximum atomic E-state index is 13.1. The molecule has 1 aliphatic rings. The van der Waals surface area contributed by atoms with Gasteiger partial charge in [0.1, 0.15) is 5.82 Å². The summed E-state index contributed by atoms with van der Waals surface area (Å²) in [5.74, 6) is -0.765. The second kappa shape index (κ2) is 7.78. The zero-order chi connectivity index (χ0) is 18.7. The van der Waals surface area contributed by atoms with Crippen molar-refractivity contribution in [3.63, 3.8) is 0 Å². The summed E-state index contributed by atoms with van der Waals surface area (Å²) in [4.78, 5) is 26.6. The zero-order valence-electron chi connectivity index (χ0n) is 14.9. The number of carbonyl (C=O) groups excluding carboxylic acids is 1. The number of hydrogen-bond donors (Lipinski definition) is 0. The monoisotopic (exact) mass is 359 g/mol. The smallest absolute Gasteiger partial charge is 0.278 e. The van der Waals surface area contributed by atoms with Crippen molar-refractivity contribution in [1.29, 1.82) is 0 Å². The molecule has 1 unspecified atom stereocenters. The number of carbonyl (C=O) groups is 1. The van der Waals surface area contributed by atoms with Crippen LogP contribution in [0.1, 0.15) is 37.2 Å². The highest BCUT2D eigenvalue weighted by Crippen LogP contribution is 2.16. The number of amides is 1. The van der Waals surface area contributed by atoms with Crippen molar-refractivity contribution in [1.82, 2.24) is 14.7 Å². The molecule has 1 saturated heterocycles. The lowest BCUT2D eigenvalue weighted by Crippen LogP contribution is -2.45. The van der Waals surface area contributed by atoms with Gasteiger partial charge in [0.2, 0.25) is 5.43 Å². The highest BCUT2D eigenvalue weighted by molar-refractivity contribution is 5.92. The lowest BCUT2D eigenvalue weighted by molar-refractivity contribution is -0.0288. The van der Waals surface area contributed by atoms with Crippen molar-refractivity contribution in [3.8, 4) is 5.69 Å². The van der Waals surface area contributed by atoms with Gasteiger partial charge in [-0.25, -0.2) is 9.07 Å². The Balaban J connectivity index is 1.83. The Morgan fingerprint density at radius 1 is 1.27 bits per heavy atom. The third-order valence-corrected chi connectivity index (χ3v) is 4.23. The van der Waals surface area contributed by atoms with E-state index >= 15 is 0 Å². The van der Waals surface area contributed by atoms with Crippen LogP contribution in [-0.4, -0.2) is 45.9 Å². The number of ether oxygens (including phenoxy) is 1. The Morgan fingerprint density at radius 2 is 2.00 bits per heavy atom. The maximum Gasteiger partial charge on any atom is 0.278 e. The van der Waals surface area contributed by atoms with Crippen LogP contribution in [0.5, 0.6) is 0 Å². The number of hydrogen-bond acceptors (Lipinski definition) is 4. The number of benzene rings is 1. The molecule has 1 atom stereocenters. The molecule has 1 aromatic heterocycles. The molecule has 138 valence electrons. The number of aromatic nitrogens is 2. The van der Waals surface area contributed by atoms with E-state index in [0.717, 1.165) is 12.8 Å². The van der Waals surface area contributed by atoms with Gasteiger partial charge < -0.3 is 9.64 Å².